The van der Waals surface area contributed by atoms with Gasteiger partial charge in [0.1, 0.15) is 0 Å². The van der Waals surface area contributed by atoms with Crippen LogP contribution in [-0.2, 0) is 0 Å². The average Bonchev–Trinajstić information content (AvgIpc) is 2.86. The SMILES string of the molecule is CCC1CCN(CC(C)C(N)c2ccccc2)C1. The fourth-order valence-electron chi connectivity index (χ4n) is 2.94. The van der Waals surface area contributed by atoms with E-state index in [0.29, 0.717) is 5.92 Å². The molecule has 1 aliphatic rings. The van der Waals surface area contributed by atoms with E-state index in [0.717, 1.165) is 12.5 Å². The Balaban J connectivity index is 1.86. The van der Waals surface area contributed by atoms with Crippen LogP contribution >= 0.6 is 0 Å². The topological polar surface area (TPSA) is 29.3 Å². The normalized spacial score (nSPS) is 24.1. The smallest absolute Gasteiger partial charge is 0.0333 e. The molecule has 3 atom stereocenters. The zero-order valence-corrected chi connectivity index (χ0v) is 11.7. The van der Waals surface area contributed by atoms with E-state index in [1.54, 1.807) is 0 Å². The van der Waals surface area contributed by atoms with Gasteiger partial charge in [-0.3, -0.25) is 0 Å². The molecule has 100 valence electrons. The van der Waals surface area contributed by atoms with Crippen molar-refractivity contribution in [2.45, 2.75) is 32.7 Å². The van der Waals surface area contributed by atoms with Crippen molar-refractivity contribution >= 4 is 0 Å². The Kier molecular flexibility index (Phi) is 4.79. The second kappa shape index (κ2) is 6.35. The molecule has 1 heterocycles. The lowest BCUT2D eigenvalue weighted by Gasteiger charge is -2.25. The van der Waals surface area contributed by atoms with E-state index >= 15 is 0 Å². The minimum Gasteiger partial charge on any atom is -0.324 e. The molecule has 0 aliphatic carbocycles. The van der Waals surface area contributed by atoms with E-state index in [1.807, 2.05) is 6.07 Å². The van der Waals surface area contributed by atoms with Gasteiger partial charge in [0.15, 0.2) is 0 Å². The van der Waals surface area contributed by atoms with Crippen LogP contribution in [0.4, 0.5) is 0 Å². The predicted molar refractivity (Wildman–Crippen MR) is 77.4 cm³/mol. The number of rotatable bonds is 5. The number of nitrogens with two attached hydrogens (primary N) is 1. The van der Waals surface area contributed by atoms with E-state index in [4.69, 9.17) is 5.73 Å². The Labute approximate surface area is 111 Å². The van der Waals surface area contributed by atoms with Crippen molar-refractivity contribution < 1.29 is 0 Å². The predicted octanol–water partition coefficient (Wildman–Crippen LogP) is 3.05. The molecule has 18 heavy (non-hydrogen) atoms. The summed E-state index contributed by atoms with van der Waals surface area (Å²) in [7, 11) is 0. The maximum absolute atomic E-state index is 6.36. The second-order valence-electron chi connectivity index (χ2n) is 5.74. The maximum atomic E-state index is 6.36. The van der Waals surface area contributed by atoms with Gasteiger partial charge in [-0.2, -0.15) is 0 Å². The summed E-state index contributed by atoms with van der Waals surface area (Å²) in [4.78, 5) is 2.58. The van der Waals surface area contributed by atoms with Crippen molar-refractivity contribution in [1.29, 1.82) is 0 Å². The van der Waals surface area contributed by atoms with Crippen molar-refractivity contribution in [3.05, 3.63) is 35.9 Å². The van der Waals surface area contributed by atoms with Crippen LogP contribution in [0.2, 0.25) is 0 Å². The minimum atomic E-state index is 0.159. The van der Waals surface area contributed by atoms with Gasteiger partial charge in [0.2, 0.25) is 0 Å². The van der Waals surface area contributed by atoms with Crippen LogP contribution in [0.5, 0.6) is 0 Å². The largest absolute Gasteiger partial charge is 0.324 e. The van der Waals surface area contributed by atoms with Crippen molar-refractivity contribution in [1.82, 2.24) is 4.90 Å². The number of nitrogens with zero attached hydrogens (tertiary/aromatic N) is 1. The Hall–Kier alpha value is -0.860. The highest BCUT2D eigenvalue weighted by Gasteiger charge is 2.24. The number of benzene rings is 1. The average molecular weight is 246 g/mol. The molecular weight excluding hydrogens is 220 g/mol. The molecule has 1 aromatic carbocycles. The van der Waals surface area contributed by atoms with Crippen molar-refractivity contribution in [2.75, 3.05) is 19.6 Å². The summed E-state index contributed by atoms with van der Waals surface area (Å²) in [5.41, 5.74) is 7.62. The van der Waals surface area contributed by atoms with E-state index in [9.17, 15) is 0 Å². The van der Waals surface area contributed by atoms with Gasteiger partial charge in [0.25, 0.3) is 0 Å². The van der Waals surface area contributed by atoms with Gasteiger partial charge < -0.3 is 10.6 Å². The van der Waals surface area contributed by atoms with Gasteiger partial charge in [-0.1, -0.05) is 50.6 Å². The standard InChI is InChI=1S/C16H26N2/c1-3-14-9-10-18(12-14)11-13(2)16(17)15-7-5-4-6-8-15/h4-8,13-14,16H,3,9-12,17H2,1-2H3. The highest BCUT2D eigenvalue weighted by atomic mass is 15.1. The third-order valence-corrected chi connectivity index (χ3v) is 4.29. The molecule has 0 amide bonds. The Morgan fingerprint density at radius 2 is 2.06 bits per heavy atom. The van der Waals surface area contributed by atoms with E-state index in [1.165, 1.54) is 31.5 Å². The Morgan fingerprint density at radius 1 is 1.33 bits per heavy atom. The molecule has 1 aliphatic heterocycles. The Bertz CT molecular complexity index is 349. The van der Waals surface area contributed by atoms with Crippen LogP contribution in [0.1, 0.15) is 38.3 Å². The van der Waals surface area contributed by atoms with Crippen LogP contribution in [-0.4, -0.2) is 24.5 Å². The molecule has 2 heteroatoms. The molecule has 2 N–H and O–H groups in total. The zero-order chi connectivity index (χ0) is 13.0. The summed E-state index contributed by atoms with van der Waals surface area (Å²) < 4.78 is 0. The third kappa shape index (κ3) is 3.33. The van der Waals surface area contributed by atoms with E-state index in [-0.39, 0.29) is 6.04 Å². The van der Waals surface area contributed by atoms with Crippen LogP contribution in [0, 0.1) is 11.8 Å². The molecule has 2 rings (SSSR count). The van der Waals surface area contributed by atoms with Gasteiger partial charge in [-0.15, -0.1) is 0 Å². The van der Waals surface area contributed by atoms with Crippen LogP contribution in [0.15, 0.2) is 30.3 Å². The first-order valence-electron chi connectivity index (χ1n) is 7.23. The summed E-state index contributed by atoms with van der Waals surface area (Å²) >= 11 is 0. The highest BCUT2D eigenvalue weighted by molar-refractivity contribution is 5.19. The second-order valence-corrected chi connectivity index (χ2v) is 5.74. The summed E-state index contributed by atoms with van der Waals surface area (Å²) in [6.45, 7) is 8.23. The summed E-state index contributed by atoms with van der Waals surface area (Å²) in [5.74, 6) is 1.42. The van der Waals surface area contributed by atoms with Gasteiger partial charge in [0.05, 0.1) is 0 Å². The number of hydrogen-bond acceptors (Lipinski definition) is 2. The quantitative estimate of drug-likeness (QED) is 0.865. The van der Waals surface area contributed by atoms with E-state index in [2.05, 4.69) is 43.0 Å². The van der Waals surface area contributed by atoms with Crippen LogP contribution in [0.25, 0.3) is 0 Å². The molecule has 3 unspecified atom stereocenters. The van der Waals surface area contributed by atoms with Gasteiger partial charge in [-0.05, 0) is 30.4 Å². The molecule has 2 nitrogen and oxygen atoms in total. The molecule has 1 aromatic rings. The zero-order valence-electron chi connectivity index (χ0n) is 11.7. The molecule has 0 radical (unpaired) electrons. The maximum Gasteiger partial charge on any atom is 0.0333 e. The lowest BCUT2D eigenvalue weighted by atomic mass is 9.95. The number of likely N-dealkylation sites (tertiary alicyclic amines) is 1. The van der Waals surface area contributed by atoms with Crippen molar-refractivity contribution in [2.24, 2.45) is 17.6 Å². The first kappa shape index (κ1) is 13.6. The van der Waals surface area contributed by atoms with Gasteiger partial charge >= 0.3 is 0 Å². The first-order valence-corrected chi connectivity index (χ1v) is 7.23. The molecule has 1 fully saturated rings. The van der Waals surface area contributed by atoms with Crippen molar-refractivity contribution in [3.63, 3.8) is 0 Å². The lowest BCUT2D eigenvalue weighted by Crippen LogP contribution is -2.32. The molecule has 0 saturated carbocycles. The summed E-state index contributed by atoms with van der Waals surface area (Å²) in [6, 6.07) is 10.6. The third-order valence-electron chi connectivity index (χ3n) is 4.29. The Morgan fingerprint density at radius 3 is 2.67 bits per heavy atom. The first-order chi connectivity index (χ1) is 8.70. The van der Waals surface area contributed by atoms with E-state index < -0.39 is 0 Å². The molecule has 0 bridgehead atoms. The molecular formula is C16H26N2. The lowest BCUT2D eigenvalue weighted by molar-refractivity contribution is 0.257. The monoisotopic (exact) mass is 246 g/mol. The fraction of sp³-hybridized carbons (Fsp3) is 0.625. The molecule has 0 aromatic heterocycles. The fourth-order valence-corrected chi connectivity index (χ4v) is 2.94. The molecule has 0 spiro atoms. The van der Waals surface area contributed by atoms with Crippen molar-refractivity contribution in [3.8, 4) is 0 Å². The minimum absolute atomic E-state index is 0.159. The van der Waals surface area contributed by atoms with Crippen LogP contribution < -0.4 is 5.73 Å². The number of hydrogen-bond donors (Lipinski definition) is 1. The molecule has 1 saturated heterocycles. The highest BCUT2D eigenvalue weighted by Crippen LogP contribution is 2.24. The summed E-state index contributed by atoms with van der Waals surface area (Å²) in [6.07, 6.45) is 2.68. The van der Waals surface area contributed by atoms with Crippen LogP contribution in [0.3, 0.4) is 0 Å². The van der Waals surface area contributed by atoms with Gasteiger partial charge in [0, 0.05) is 19.1 Å². The summed E-state index contributed by atoms with van der Waals surface area (Å²) in [5, 5.41) is 0. The van der Waals surface area contributed by atoms with Gasteiger partial charge in [-0.25, -0.2) is 0 Å².